The van der Waals surface area contributed by atoms with Crippen molar-refractivity contribution < 1.29 is 28.0 Å². The molecule has 0 aliphatic carbocycles. The Kier molecular flexibility index (Phi) is 5.28. The average Bonchev–Trinajstić information content (AvgIpc) is 2.43. The lowest BCUT2D eigenvalue weighted by molar-refractivity contribution is -0.387. The third kappa shape index (κ3) is 3.71. The molecular weight excluding hydrogens is 290 g/mol. The summed E-state index contributed by atoms with van der Waals surface area (Å²) in [5, 5.41) is 10.6. The minimum Gasteiger partial charge on any atom is -0.468 e. The van der Waals surface area contributed by atoms with Crippen LogP contribution in [0.1, 0.15) is 17.3 Å². The highest BCUT2D eigenvalue weighted by atomic mass is 19.1. The molecule has 0 aliphatic heterocycles. The van der Waals surface area contributed by atoms with Crippen LogP contribution in [0.15, 0.2) is 12.1 Å². The fourth-order valence-electron chi connectivity index (χ4n) is 1.56. The standard InChI is InChI=1S/C12H12F2N2O5/c1-3-15(6-11(17)21-2)12(18)7-4-10(16(19)20)9(14)5-8(7)13/h4-5H,3,6H2,1-2H3. The number of carbonyl (C=O) groups excluding carboxylic acids is 2. The van der Waals surface area contributed by atoms with Gasteiger partial charge in [-0.05, 0) is 6.92 Å². The van der Waals surface area contributed by atoms with Crippen LogP contribution >= 0.6 is 0 Å². The van der Waals surface area contributed by atoms with Crippen LogP contribution in [0.25, 0.3) is 0 Å². The van der Waals surface area contributed by atoms with Crippen molar-refractivity contribution in [3.05, 3.63) is 39.4 Å². The Labute approximate surface area is 118 Å². The molecule has 0 unspecified atom stereocenters. The predicted molar refractivity (Wildman–Crippen MR) is 66.6 cm³/mol. The Morgan fingerprint density at radius 2 is 1.95 bits per heavy atom. The summed E-state index contributed by atoms with van der Waals surface area (Å²) in [6, 6.07) is 0.768. The van der Waals surface area contributed by atoms with Gasteiger partial charge >= 0.3 is 11.7 Å². The second-order valence-corrected chi connectivity index (χ2v) is 3.94. The summed E-state index contributed by atoms with van der Waals surface area (Å²) in [6.45, 7) is 1.12. The van der Waals surface area contributed by atoms with Crippen molar-refractivity contribution in [2.24, 2.45) is 0 Å². The molecule has 1 aromatic rings. The summed E-state index contributed by atoms with van der Waals surface area (Å²) in [4.78, 5) is 33.7. The molecule has 114 valence electrons. The minimum absolute atomic E-state index is 0.0402. The predicted octanol–water partition coefficient (Wildman–Crippen LogP) is 1.51. The van der Waals surface area contributed by atoms with E-state index in [9.17, 15) is 28.5 Å². The van der Waals surface area contributed by atoms with Crippen molar-refractivity contribution in [3.8, 4) is 0 Å². The van der Waals surface area contributed by atoms with E-state index in [4.69, 9.17) is 0 Å². The Morgan fingerprint density at radius 1 is 1.33 bits per heavy atom. The van der Waals surface area contributed by atoms with Crippen LogP contribution in [0.4, 0.5) is 14.5 Å². The molecule has 0 radical (unpaired) electrons. The number of halogens is 2. The minimum atomic E-state index is -1.38. The first-order valence-corrected chi connectivity index (χ1v) is 5.81. The van der Waals surface area contributed by atoms with Gasteiger partial charge in [-0.25, -0.2) is 4.39 Å². The van der Waals surface area contributed by atoms with Crippen molar-refractivity contribution in [1.82, 2.24) is 4.90 Å². The van der Waals surface area contributed by atoms with E-state index in [1.807, 2.05) is 0 Å². The van der Waals surface area contributed by atoms with Crippen LogP contribution in [0, 0.1) is 21.7 Å². The molecule has 0 bridgehead atoms. The fraction of sp³-hybridized carbons (Fsp3) is 0.333. The van der Waals surface area contributed by atoms with Gasteiger partial charge in [0, 0.05) is 18.7 Å². The normalized spacial score (nSPS) is 10.1. The molecule has 0 aliphatic rings. The van der Waals surface area contributed by atoms with E-state index in [0.29, 0.717) is 6.07 Å². The molecule has 21 heavy (non-hydrogen) atoms. The van der Waals surface area contributed by atoms with Gasteiger partial charge in [0.15, 0.2) is 0 Å². The van der Waals surface area contributed by atoms with E-state index < -0.39 is 46.2 Å². The number of amides is 1. The number of nitrogens with zero attached hydrogens (tertiary/aromatic N) is 2. The zero-order valence-corrected chi connectivity index (χ0v) is 11.3. The van der Waals surface area contributed by atoms with Crippen LogP contribution in [-0.4, -0.2) is 41.9 Å². The van der Waals surface area contributed by atoms with Gasteiger partial charge in [-0.15, -0.1) is 0 Å². The number of methoxy groups -OCH3 is 1. The first kappa shape index (κ1) is 16.5. The lowest BCUT2D eigenvalue weighted by atomic mass is 10.1. The number of nitro benzene ring substituents is 1. The molecule has 0 N–H and O–H groups in total. The van der Waals surface area contributed by atoms with Gasteiger partial charge in [-0.2, -0.15) is 4.39 Å². The van der Waals surface area contributed by atoms with Crippen molar-refractivity contribution in [1.29, 1.82) is 0 Å². The van der Waals surface area contributed by atoms with Gasteiger partial charge in [-0.3, -0.25) is 19.7 Å². The van der Waals surface area contributed by atoms with E-state index in [1.165, 1.54) is 6.92 Å². The lowest BCUT2D eigenvalue weighted by Gasteiger charge is -2.19. The Hall–Kier alpha value is -2.58. The molecule has 1 rings (SSSR count). The highest BCUT2D eigenvalue weighted by molar-refractivity contribution is 5.96. The Balaban J connectivity index is 3.19. The van der Waals surface area contributed by atoms with Crippen LogP contribution in [0.2, 0.25) is 0 Å². The van der Waals surface area contributed by atoms with Crippen molar-refractivity contribution in [3.63, 3.8) is 0 Å². The average molecular weight is 302 g/mol. The van der Waals surface area contributed by atoms with Crippen molar-refractivity contribution in [2.75, 3.05) is 20.2 Å². The zero-order valence-electron chi connectivity index (χ0n) is 11.3. The summed E-state index contributed by atoms with van der Waals surface area (Å²) < 4.78 is 31.2. The number of nitro groups is 1. The maximum Gasteiger partial charge on any atom is 0.325 e. The molecule has 0 spiro atoms. The van der Waals surface area contributed by atoms with Crippen LogP contribution < -0.4 is 0 Å². The SMILES string of the molecule is CCN(CC(=O)OC)C(=O)c1cc([N+](=O)[O-])c(F)cc1F. The molecule has 9 heteroatoms. The first-order valence-electron chi connectivity index (χ1n) is 5.81. The zero-order chi connectivity index (χ0) is 16.2. The van der Waals surface area contributed by atoms with Crippen LogP contribution in [0.5, 0.6) is 0 Å². The van der Waals surface area contributed by atoms with Crippen LogP contribution in [-0.2, 0) is 9.53 Å². The number of hydrogen-bond acceptors (Lipinski definition) is 5. The largest absolute Gasteiger partial charge is 0.468 e. The lowest BCUT2D eigenvalue weighted by Crippen LogP contribution is -2.36. The summed E-state index contributed by atoms with van der Waals surface area (Å²) >= 11 is 0. The second kappa shape index (κ2) is 6.73. The fourth-order valence-corrected chi connectivity index (χ4v) is 1.56. The molecule has 1 aromatic carbocycles. The molecule has 0 saturated carbocycles. The number of benzene rings is 1. The second-order valence-electron chi connectivity index (χ2n) is 3.94. The number of rotatable bonds is 5. The maximum absolute atomic E-state index is 13.6. The van der Waals surface area contributed by atoms with Gasteiger partial charge in [0.25, 0.3) is 5.91 Å². The van der Waals surface area contributed by atoms with Gasteiger partial charge in [0.05, 0.1) is 17.6 Å². The van der Waals surface area contributed by atoms with Crippen molar-refractivity contribution >= 4 is 17.6 Å². The number of ether oxygens (including phenoxy) is 1. The number of hydrogen-bond donors (Lipinski definition) is 0. The van der Waals surface area contributed by atoms with E-state index in [0.717, 1.165) is 12.0 Å². The summed E-state index contributed by atoms with van der Waals surface area (Å²) in [6.07, 6.45) is 0. The van der Waals surface area contributed by atoms with Gasteiger partial charge in [-0.1, -0.05) is 0 Å². The number of likely N-dealkylation sites (N-methyl/N-ethyl adjacent to an activating group) is 1. The highest BCUT2D eigenvalue weighted by Crippen LogP contribution is 2.22. The van der Waals surface area contributed by atoms with E-state index in [2.05, 4.69) is 4.74 Å². The van der Waals surface area contributed by atoms with Gasteiger partial charge in [0.2, 0.25) is 5.82 Å². The van der Waals surface area contributed by atoms with E-state index in [-0.39, 0.29) is 12.6 Å². The highest BCUT2D eigenvalue weighted by Gasteiger charge is 2.26. The molecule has 0 saturated heterocycles. The van der Waals surface area contributed by atoms with Gasteiger partial charge < -0.3 is 9.64 Å². The summed E-state index contributed by atoms with van der Waals surface area (Å²) in [5.41, 5.74) is -1.71. The molecule has 0 fully saturated rings. The smallest absolute Gasteiger partial charge is 0.325 e. The van der Waals surface area contributed by atoms with Crippen molar-refractivity contribution in [2.45, 2.75) is 6.92 Å². The first-order chi connectivity index (χ1) is 9.81. The summed E-state index contributed by atoms with van der Waals surface area (Å²) in [7, 11) is 1.12. The molecule has 0 aromatic heterocycles. The quantitative estimate of drug-likeness (QED) is 0.467. The Bertz CT molecular complexity index is 591. The molecule has 7 nitrogen and oxygen atoms in total. The Morgan fingerprint density at radius 3 is 2.43 bits per heavy atom. The van der Waals surface area contributed by atoms with E-state index >= 15 is 0 Å². The number of esters is 1. The molecular formula is C12H12F2N2O5. The number of carbonyl (C=O) groups is 2. The molecule has 0 atom stereocenters. The maximum atomic E-state index is 13.6. The summed E-state index contributed by atoms with van der Waals surface area (Å²) in [5.74, 6) is -4.33. The van der Waals surface area contributed by atoms with Crippen LogP contribution in [0.3, 0.4) is 0 Å². The third-order valence-corrected chi connectivity index (χ3v) is 2.68. The topological polar surface area (TPSA) is 89.8 Å². The third-order valence-electron chi connectivity index (χ3n) is 2.68. The monoisotopic (exact) mass is 302 g/mol. The van der Waals surface area contributed by atoms with Gasteiger partial charge in [0.1, 0.15) is 12.4 Å². The van der Waals surface area contributed by atoms with E-state index in [1.54, 1.807) is 0 Å². The molecule has 0 heterocycles. The molecule has 1 amide bonds.